The number of pyridine rings is 1. The molecular weight excluding hydrogens is 310 g/mol. The largest absolute Gasteiger partial charge is 0.466 e. The molecule has 0 amide bonds. The van der Waals surface area contributed by atoms with Gasteiger partial charge in [0.15, 0.2) is 0 Å². The highest BCUT2D eigenvalue weighted by Crippen LogP contribution is 2.27. The van der Waals surface area contributed by atoms with E-state index >= 15 is 0 Å². The highest BCUT2D eigenvalue weighted by atomic mass is 79.9. The van der Waals surface area contributed by atoms with E-state index in [-0.39, 0.29) is 28.8 Å². The minimum absolute atomic E-state index is 0.00514. The number of esters is 1. The number of nitriles is 1. The van der Waals surface area contributed by atoms with Crippen molar-refractivity contribution in [3.63, 3.8) is 0 Å². The van der Waals surface area contributed by atoms with Crippen LogP contribution in [-0.2, 0) is 16.0 Å². The van der Waals surface area contributed by atoms with Crippen LogP contribution in [0.4, 0.5) is 8.78 Å². The molecule has 1 heterocycles. The van der Waals surface area contributed by atoms with E-state index in [1.165, 1.54) is 6.07 Å². The predicted octanol–water partition coefficient (Wildman–Crippen LogP) is 2.76. The normalized spacial score (nSPS) is 10.2. The fourth-order valence-corrected chi connectivity index (χ4v) is 1.77. The maximum absolute atomic E-state index is 12.6. The number of carbonyl (C=O) groups excluding carboxylic acids is 1. The molecule has 4 nitrogen and oxygen atoms in total. The minimum atomic E-state index is -2.78. The van der Waals surface area contributed by atoms with Crippen LogP contribution < -0.4 is 0 Å². The summed E-state index contributed by atoms with van der Waals surface area (Å²) >= 11 is 2.91. The summed E-state index contributed by atoms with van der Waals surface area (Å²) in [4.78, 5) is 14.9. The van der Waals surface area contributed by atoms with E-state index in [9.17, 15) is 13.6 Å². The number of carbonyl (C=O) groups is 1. The van der Waals surface area contributed by atoms with Gasteiger partial charge in [-0.1, -0.05) is 0 Å². The number of halogens is 3. The molecule has 0 bridgehead atoms. The van der Waals surface area contributed by atoms with Crippen LogP contribution in [0.2, 0.25) is 0 Å². The van der Waals surface area contributed by atoms with Crippen LogP contribution in [0.1, 0.15) is 30.3 Å². The number of rotatable bonds is 4. The number of hydrogen-bond acceptors (Lipinski definition) is 4. The van der Waals surface area contributed by atoms with Gasteiger partial charge in [0.2, 0.25) is 0 Å². The third-order valence-electron chi connectivity index (χ3n) is 2.03. The molecule has 0 aliphatic heterocycles. The topological polar surface area (TPSA) is 63.0 Å². The standard InChI is InChI=1S/C11H9BrF2N2O2/c1-2-18-9(17)4-8-6(5-15)3-7(12)10(16-8)11(13)14/h3,11H,2,4H2,1H3. The molecule has 96 valence electrons. The molecule has 1 aromatic heterocycles. The summed E-state index contributed by atoms with van der Waals surface area (Å²) in [6, 6.07) is 3.03. The number of alkyl halides is 2. The molecule has 1 rings (SSSR count). The zero-order valence-electron chi connectivity index (χ0n) is 9.41. The van der Waals surface area contributed by atoms with Crippen LogP contribution in [-0.4, -0.2) is 17.6 Å². The summed E-state index contributed by atoms with van der Waals surface area (Å²) in [5.74, 6) is -0.607. The Labute approximate surface area is 111 Å². The zero-order chi connectivity index (χ0) is 13.7. The van der Waals surface area contributed by atoms with E-state index in [1.807, 2.05) is 0 Å². The van der Waals surface area contributed by atoms with Crippen LogP contribution in [0.5, 0.6) is 0 Å². The van der Waals surface area contributed by atoms with Crippen molar-refractivity contribution in [1.29, 1.82) is 5.26 Å². The molecule has 0 atom stereocenters. The summed E-state index contributed by atoms with van der Waals surface area (Å²) in [6.45, 7) is 1.81. The molecule has 0 aromatic carbocycles. The van der Waals surface area contributed by atoms with E-state index in [1.54, 1.807) is 13.0 Å². The molecule has 0 saturated carbocycles. The summed E-state index contributed by atoms with van der Waals surface area (Å²) in [6.07, 6.45) is -3.09. The number of nitrogens with zero attached hydrogens (tertiary/aromatic N) is 2. The van der Waals surface area contributed by atoms with Crippen LogP contribution in [0, 0.1) is 11.3 Å². The molecule has 0 aliphatic carbocycles. The van der Waals surface area contributed by atoms with Crippen LogP contribution in [0.3, 0.4) is 0 Å². The molecular formula is C11H9BrF2N2O2. The second kappa shape index (κ2) is 6.40. The van der Waals surface area contributed by atoms with Gasteiger partial charge in [0, 0.05) is 4.47 Å². The molecule has 0 radical (unpaired) electrons. The predicted molar refractivity (Wildman–Crippen MR) is 61.9 cm³/mol. The fraction of sp³-hybridized carbons (Fsp3) is 0.364. The van der Waals surface area contributed by atoms with Crippen LogP contribution in [0.15, 0.2) is 10.5 Å². The Hall–Kier alpha value is -1.55. The van der Waals surface area contributed by atoms with Gasteiger partial charge in [-0.15, -0.1) is 0 Å². The Kier molecular flexibility index (Phi) is 5.16. The molecule has 0 spiro atoms. The van der Waals surface area contributed by atoms with E-state index in [4.69, 9.17) is 5.26 Å². The van der Waals surface area contributed by atoms with E-state index in [0.717, 1.165) is 0 Å². The average molecular weight is 319 g/mol. The van der Waals surface area contributed by atoms with E-state index in [0.29, 0.717) is 0 Å². The summed E-state index contributed by atoms with van der Waals surface area (Å²) in [7, 11) is 0. The first-order chi connectivity index (χ1) is 8.49. The van der Waals surface area contributed by atoms with Gasteiger partial charge in [0.05, 0.1) is 24.3 Å². The first-order valence-corrected chi connectivity index (χ1v) is 5.82. The molecule has 0 aliphatic rings. The van der Waals surface area contributed by atoms with Gasteiger partial charge in [-0.2, -0.15) is 5.26 Å². The number of ether oxygens (including phenoxy) is 1. The van der Waals surface area contributed by atoms with Crippen molar-refractivity contribution in [3.8, 4) is 6.07 Å². The zero-order valence-corrected chi connectivity index (χ0v) is 11.0. The maximum Gasteiger partial charge on any atom is 0.311 e. The number of aromatic nitrogens is 1. The van der Waals surface area contributed by atoms with Crippen molar-refractivity contribution in [2.45, 2.75) is 19.8 Å². The fourth-order valence-electron chi connectivity index (χ4n) is 1.28. The molecule has 0 unspecified atom stereocenters. The van der Waals surface area contributed by atoms with Crippen molar-refractivity contribution in [1.82, 2.24) is 4.98 Å². The second-order valence-electron chi connectivity index (χ2n) is 3.24. The molecule has 7 heteroatoms. The van der Waals surface area contributed by atoms with Gasteiger partial charge >= 0.3 is 5.97 Å². The van der Waals surface area contributed by atoms with Crippen molar-refractivity contribution in [2.24, 2.45) is 0 Å². The first-order valence-electron chi connectivity index (χ1n) is 5.02. The summed E-state index contributed by atoms with van der Waals surface area (Å²) in [5.41, 5.74) is -0.429. The quantitative estimate of drug-likeness (QED) is 0.801. The van der Waals surface area contributed by atoms with Crippen molar-refractivity contribution in [2.75, 3.05) is 6.61 Å². The molecule has 0 fully saturated rings. The van der Waals surface area contributed by atoms with Gasteiger partial charge < -0.3 is 4.74 Å². The highest BCUT2D eigenvalue weighted by molar-refractivity contribution is 9.10. The third-order valence-corrected chi connectivity index (χ3v) is 2.66. The second-order valence-corrected chi connectivity index (χ2v) is 4.10. The molecule has 0 saturated heterocycles. The SMILES string of the molecule is CCOC(=O)Cc1nc(C(F)F)c(Br)cc1C#N. The van der Waals surface area contributed by atoms with Crippen LogP contribution >= 0.6 is 15.9 Å². The minimum Gasteiger partial charge on any atom is -0.466 e. The smallest absolute Gasteiger partial charge is 0.311 e. The van der Waals surface area contributed by atoms with Crippen LogP contribution in [0.25, 0.3) is 0 Å². The van der Waals surface area contributed by atoms with Gasteiger partial charge in [-0.05, 0) is 28.9 Å². The Morgan fingerprint density at radius 2 is 2.33 bits per heavy atom. The van der Waals surface area contributed by atoms with Gasteiger partial charge in [0.1, 0.15) is 11.8 Å². The lowest BCUT2D eigenvalue weighted by Crippen LogP contribution is -2.11. The molecule has 1 aromatic rings. The van der Waals surface area contributed by atoms with Crippen molar-refractivity contribution in [3.05, 3.63) is 27.5 Å². The van der Waals surface area contributed by atoms with Crippen molar-refractivity contribution < 1.29 is 18.3 Å². The highest BCUT2D eigenvalue weighted by Gasteiger charge is 2.19. The maximum atomic E-state index is 12.6. The van der Waals surface area contributed by atoms with Gasteiger partial charge in [-0.25, -0.2) is 13.8 Å². The first kappa shape index (κ1) is 14.5. The third kappa shape index (κ3) is 3.47. The van der Waals surface area contributed by atoms with E-state index in [2.05, 4.69) is 25.7 Å². The average Bonchev–Trinajstić information content (AvgIpc) is 2.30. The van der Waals surface area contributed by atoms with Gasteiger partial charge in [-0.3, -0.25) is 4.79 Å². The Balaban J connectivity index is 3.13. The Morgan fingerprint density at radius 3 is 2.83 bits per heavy atom. The lowest BCUT2D eigenvalue weighted by Gasteiger charge is -2.08. The van der Waals surface area contributed by atoms with E-state index < -0.39 is 18.1 Å². The number of hydrogen-bond donors (Lipinski definition) is 0. The Bertz CT molecular complexity index is 501. The molecule has 18 heavy (non-hydrogen) atoms. The Morgan fingerprint density at radius 1 is 1.67 bits per heavy atom. The molecule has 0 N–H and O–H groups in total. The van der Waals surface area contributed by atoms with Crippen molar-refractivity contribution >= 4 is 21.9 Å². The lowest BCUT2D eigenvalue weighted by atomic mass is 10.1. The summed E-state index contributed by atoms with van der Waals surface area (Å²) in [5, 5.41) is 8.86. The lowest BCUT2D eigenvalue weighted by molar-refractivity contribution is -0.142. The monoisotopic (exact) mass is 318 g/mol. The summed E-state index contributed by atoms with van der Waals surface area (Å²) < 4.78 is 30.0. The van der Waals surface area contributed by atoms with Gasteiger partial charge in [0.25, 0.3) is 6.43 Å².